The van der Waals surface area contributed by atoms with Gasteiger partial charge in [-0.05, 0) is 69.5 Å². The molecule has 7 heteroatoms. The second-order valence-corrected chi connectivity index (χ2v) is 10.7. The third kappa shape index (κ3) is 4.09. The molecule has 0 unspecified atom stereocenters. The number of rotatable bonds is 4. The molecule has 0 radical (unpaired) electrons. The first kappa shape index (κ1) is 20.9. The van der Waals surface area contributed by atoms with E-state index < -0.39 is 15.6 Å². The summed E-state index contributed by atoms with van der Waals surface area (Å²) in [7, 11) is -3.48. The number of ether oxygens (including phenoxy) is 1. The molecule has 2 heterocycles. The van der Waals surface area contributed by atoms with Crippen molar-refractivity contribution >= 4 is 15.9 Å². The predicted octanol–water partition coefficient (Wildman–Crippen LogP) is 3.81. The van der Waals surface area contributed by atoms with Crippen molar-refractivity contribution in [2.45, 2.75) is 56.6 Å². The quantitative estimate of drug-likeness (QED) is 0.803. The molecule has 2 aliphatic heterocycles. The lowest BCUT2D eigenvalue weighted by Crippen LogP contribution is -2.41. The van der Waals surface area contributed by atoms with Crippen LogP contribution in [0.5, 0.6) is 5.75 Å². The number of hydrogen-bond donors (Lipinski definition) is 1. The minimum Gasteiger partial charge on any atom is -0.487 e. The largest absolute Gasteiger partial charge is 0.487 e. The molecular weight excluding hydrogens is 400 g/mol. The zero-order valence-electron chi connectivity index (χ0n) is 17.6. The highest BCUT2D eigenvalue weighted by atomic mass is 32.2. The van der Waals surface area contributed by atoms with Crippen molar-refractivity contribution in [1.29, 1.82) is 0 Å². The fourth-order valence-electron chi connectivity index (χ4n) is 4.18. The molecule has 2 aliphatic rings. The maximum absolute atomic E-state index is 12.9. The molecule has 4 rings (SSSR count). The summed E-state index contributed by atoms with van der Waals surface area (Å²) in [5.41, 5.74) is 2.10. The monoisotopic (exact) mass is 428 g/mol. The SMILES string of the molecule is Cc1ccc2c(c1)OC(C)(C)C[C@H]2NC(=O)c1ccc(S(=O)(=O)N2CCCC2)cc1. The summed E-state index contributed by atoms with van der Waals surface area (Å²) in [6.45, 7) is 7.15. The lowest BCUT2D eigenvalue weighted by molar-refractivity contribution is 0.0619. The van der Waals surface area contributed by atoms with E-state index in [1.165, 1.54) is 16.4 Å². The van der Waals surface area contributed by atoms with E-state index in [9.17, 15) is 13.2 Å². The highest BCUT2D eigenvalue weighted by molar-refractivity contribution is 7.89. The number of benzene rings is 2. The molecule has 6 nitrogen and oxygen atoms in total. The molecule has 1 N–H and O–H groups in total. The van der Waals surface area contributed by atoms with Gasteiger partial charge in [0.2, 0.25) is 10.0 Å². The van der Waals surface area contributed by atoms with Gasteiger partial charge in [0.1, 0.15) is 11.4 Å². The lowest BCUT2D eigenvalue weighted by atomic mass is 9.89. The molecule has 2 aromatic rings. The van der Waals surface area contributed by atoms with E-state index in [-0.39, 0.29) is 16.8 Å². The summed E-state index contributed by atoms with van der Waals surface area (Å²) < 4.78 is 33.0. The van der Waals surface area contributed by atoms with Gasteiger partial charge in [-0.1, -0.05) is 12.1 Å². The van der Waals surface area contributed by atoms with Crippen LogP contribution in [0, 0.1) is 6.92 Å². The number of carbonyl (C=O) groups is 1. The van der Waals surface area contributed by atoms with E-state index in [1.807, 2.05) is 39.0 Å². The molecule has 2 aromatic carbocycles. The third-order valence-electron chi connectivity index (χ3n) is 5.75. The maximum Gasteiger partial charge on any atom is 0.251 e. The van der Waals surface area contributed by atoms with Gasteiger partial charge >= 0.3 is 0 Å². The molecule has 0 spiro atoms. The molecule has 0 saturated carbocycles. The number of hydrogen-bond acceptors (Lipinski definition) is 4. The summed E-state index contributed by atoms with van der Waals surface area (Å²) in [4.78, 5) is 13.1. The topological polar surface area (TPSA) is 75.7 Å². The van der Waals surface area contributed by atoms with Crippen LogP contribution in [-0.2, 0) is 10.0 Å². The van der Waals surface area contributed by atoms with Crippen molar-refractivity contribution in [1.82, 2.24) is 9.62 Å². The number of carbonyl (C=O) groups excluding carboxylic acids is 1. The number of nitrogens with one attached hydrogen (secondary N) is 1. The number of nitrogens with zero attached hydrogens (tertiary/aromatic N) is 1. The van der Waals surface area contributed by atoms with Crippen LogP contribution >= 0.6 is 0 Å². The van der Waals surface area contributed by atoms with Gasteiger partial charge in [-0.3, -0.25) is 4.79 Å². The fraction of sp³-hybridized carbons (Fsp3) is 0.435. The Morgan fingerprint density at radius 1 is 1.10 bits per heavy atom. The summed E-state index contributed by atoms with van der Waals surface area (Å²) >= 11 is 0. The van der Waals surface area contributed by atoms with E-state index in [1.54, 1.807) is 12.1 Å². The van der Waals surface area contributed by atoms with Gasteiger partial charge in [0.05, 0.1) is 10.9 Å². The molecule has 30 heavy (non-hydrogen) atoms. The molecule has 0 aliphatic carbocycles. The second kappa shape index (κ2) is 7.71. The van der Waals surface area contributed by atoms with Gasteiger partial charge < -0.3 is 10.1 Å². The van der Waals surface area contributed by atoms with Gasteiger partial charge in [0.25, 0.3) is 5.91 Å². The van der Waals surface area contributed by atoms with Crippen molar-refractivity contribution in [2.24, 2.45) is 0 Å². The third-order valence-corrected chi connectivity index (χ3v) is 7.66. The predicted molar refractivity (Wildman–Crippen MR) is 115 cm³/mol. The molecular formula is C23H28N2O4S. The molecule has 1 saturated heterocycles. The van der Waals surface area contributed by atoms with Crippen LogP contribution in [-0.4, -0.2) is 37.3 Å². The first-order valence-electron chi connectivity index (χ1n) is 10.4. The van der Waals surface area contributed by atoms with Crippen LogP contribution in [0.25, 0.3) is 0 Å². The molecule has 160 valence electrons. The average Bonchev–Trinajstić information content (AvgIpc) is 3.22. The fourth-order valence-corrected chi connectivity index (χ4v) is 5.70. The zero-order chi connectivity index (χ0) is 21.5. The Morgan fingerprint density at radius 2 is 1.77 bits per heavy atom. The highest BCUT2D eigenvalue weighted by Crippen LogP contribution is 2.40. The smallest absolute Gasteiger partial charge is 0.251 e. The Kier molecular flexibility index (Phi) is 5.36. The zero-order valence-corrected chi connectivity index (χ0v) is 18.5. The number of sulfonamides is 1. The number of aryl methyl sites for hydroxylation is 1. The van der Waals surface area contributed by atoms with E-state index in [2.05, 4.69) is 5.32 Å². The van der Waals surface area contributed by atoms with Crippen molar-refractivity contribution in [2.75, 3.05) is 13.1 Å². The van der Waals surface area contributed by atoms with E-state index in [0.717, 1.165) is 29.7 Å². The standard InChI is InChI=1S/C23H28N2O4S/c1-16-6-11-19-20(15-23(2,3)29-21(19)14-16)24-22(26)17-7-9-18(10-8-17)30(27,28)25-12-4-5-13-25/h6-11,14,20H,4-5,12-13,15H2,1-3H3,(H,24,26)/t20-/m1/s1. The van der Waals surface area contributed by atoms with Crippen LogP contribution in [0.4, 0.5) is 0 Å². The summed E-state index contributed by atoms with van der Waals surface area (Å²) in [5.74, 6) is 0.568. The Balaban J connectivity index is 1.53. The van der Waals surface area contributed by atoms with Gasteiger partial charge in [-0.25, -0.2) is 8.42 Å². The van der Waals surface area contributed by atoms with E-state index in [4.69, 9.17) is 4.74 Å². The molecule has 1 fully saturated rings. The molecule has 0 bridgehead atoms. The van der Waals surface area contributed by atoms with Crippen LogP contribution < -0.4 is 10.1 Å². The minimum atomic E-state index is -3.48. The van der Waals surface area contributed by atoms with Crippen LogP contribution in [0.2, 0.25) is 0 Å². The first-order chi connectivity index (χ1) is 14.2. The van der Waals surface area contributed by atoms with Gasteiger partial charge in [-0.15, -0.1) is 0 Å². The van der Waals surface area contributed by atoms with Crippen molar-refractivity contribution < 1.29 is 17.9 Å². The highest BCUT2D eigenvalue weighted by Gasteiger charge is 2.35. The van der Waals surface area contributed by atoms with Crippen LogP contribution in [0.3, 0.4) is 0 Å². The minimum absolute atomic E-state index is 0.176. The Hall–Kier alpha value is -2.38. The van der Waals surface area contributed by atoms with Gasteiger partial charge in [0.15, 0.2) is 0 Å². The Labute approximate surface area is 178 Å². The number of fused-ring (bicyclic) bond motifs is 1. The Bertz CT molecular complexity index is 1060. The summed E-state index contributed by atoms with van der Waals surface area (Å²) in [5, 5.41) is 3.10. The molecule has 1 amide bonds. The van der Waals surface area contributed by atoms with Crippen molar-refractivity contribution in [3.8, 4) is 5.75 Å². The maximum atomic E-state index is 12.9. The number of amides is 1. The molecule has 1 atom stereocenters. The van der Waals surface area contributed by atoms with Gasteiger partial charge in [-0.2, -0.15) is 4.31 Å². The summed E-state index contributed by atoms with van der Waals surface area (Å²) in [6.07, 6.45) is 2.43. The first-order valence-corrected chi connectivity index (χ1v) is 11.8. The Morgan fingerprint density at radius 3 is 2.43 bits per heavy atom. The average molecular weight is 429 g/mol. The van der Waals surface area contributed by atoms with Crippen molar-refractivity contribution in [3.63, 3.8) is 0 Å². The second-order valence-electron chi connectivity index (χ2n) is 8.77. The van der Waals surface area contributed by atoms with Crippen molar-refractivity contribution in [3.05, 3.63) is 59.2 Å². The lowest BCUT2D eigenvalue weighted by Gasteiger charge is -2.38. The normalized spacial score (nSPS) is 21.0. The molecule has 0 aromatic heterocycles. The van der Waals surface area contributed by atoms with E-state index >= 15 is 0 Å². The van der Waals surface area contributed by atoms with Gasteiger partial charge in [0, 0.05) is 30.6 Å². The van der Waals surface area contributed by atoms with Crippen LogP contribution in [0.15, 0.2) is 47.4 Å². The van der Waals surface area contributed by atoms with E-state index in [0.29, 0.717) is 25.1 Å². The summed E-state index contributed by atoms with van der Waals surface area (Å²) in [6, 6.07) is 12.0. The van der Waals surface area contributed by atoms with Crippen LogP contribution in [0.1, 0.15) is 60.6 Å².